The van der Waals surface area contributed by atoms with E-state index in [0.29, 0.717) is 11.6 Å². The summed E-state index contributed by atoms with van der Waals surface area (Å²) in [6, 6.07) is 15.9. The van der Waals surface area contributed by atoms with E-state index in [1.54, 1.807) is 49.6 Å². The molecule has 3 aromatic rings. The second kappa shape index (κ2) is 8.13. The van der Waals surface area contributed by atoms with Crippen LogP contribution in [0.1, 0.15) is 24.3 Å². The van der Waals surface area contributed by atoms with Crippen LogP contribution in [0, 0.1) is 0 Å². The summed E-state index contributed by atoms with van der Waals surface area (Å²) in [5.74, 6) is 1.27. The average Bonchev–Trinajstić information content (AvgIpc) is 3.43. The second-order valence-corrected chi connectivity index (χ2v) is 8.61. The molecule has 0 radical (unpaired) electrons. The summed E-state index contributed by atoms with van der Waals surface area (Å²) < 4.78 is 37.7. The molecule has 1 fully saturated rings. The molecule has 2 heterocycles. The predicted octanol–water partition coefficient (Wildman–Crippen LogP) is 4.29. The van der Waals surface area contributed by atoms with Gasteiger partial charge in [0, 0.05) is 24.7 Å². The highest BCUT2D eigenvalue weighted by molar-refractivity contribution is 7.91. The fourth-order valence-corrected chi connectivity index (χ4v) is 4.71. The number of methoxy groups -OCH3 is 1. The van der Waals surface area contributed by atoms with Gasteiger partial charge in [-0.05, 0) is 37.1 Å². The number of nitrogens with zero attached hydrogens (tertiary/aromatic N) is 2. The molecule has 2 aromatic carbocycles. The van der Waals surface area contributed by atoms with E-state index in [1.807, 2.05) is 29.2 Å². The molecule has 1 aliphatic rings. The van der Waals surface area contributed by atoms with E-state index in [9.17, 15) is 8.42 Å². The van der Waals surface area contributed by atoms with E-state index >= 15 is 0 Å². The number of benzene rings is 2. The number of hydrogen-bond donors (Lipinski definition) is 0. The Morgan fingerprint density at radius 2 is 1.69 bits per heavy atom. The largest absolute Gasteiger partial charge is 0.496 e. The first-order valence-electron chi connectivity index (χ1n) is 9.46. The lowest BCUT2D eigenvalue weighted by Crippen LogP contribution is -2.19. The molecule has 1 aliphatic heterocycles. The molecule has 0 amide bonds. The number of anilines is 1. The lowest BCUT2D eigenvalue weighted by Gasteiger charge is -2.14. The van der Waals surface area contributed by atoms with Gasteiger partial charge in [0.15, 0.2) is 0 Å². The molecule has 7 heteroatoms. The zero-order chi connectivity index (χ0) is 20.3. The molecule has 1 aromatic heterocycles. The van der Waals surface area contributed by atoms with Gasteiger partial charge in [0.25, 0.3) is 0 Å². The summed E-state index contributed by atoms with van der Waals surface area (Å²) in [6.45, 7) is 1.50. The Labute approximate surface area is 170 Å². The van der Waals surface area contributed by atoms with Crippen LogP contribution < -0.4 is 9.64 Å². The van der Waals surface area contributed by atoms with Gasteiger partial charge in [-0.3, -0.25) is 0 Å². The molecule has 0 saturated carbocycles. The van der Waals surface area contributed by atoms with E-state index in [4.69, 9.17) is 9.15 Å². The number of sulfone groups is 1. The van der Waals surface area contributed by atoms with Crippen LogP contribution in [0.15, 0.2) is 68.9 Å². The fourth-order valence-electron chi connectivity index (χ4n) is 3.36. The van der Waals surface area contributed by atoms with E-state index in [2.05, 4.69) is 4.98 Å². The lowest BCUT2D eigenvalue weighted by molar-refractivity contribution is 0.414. The molecule has 0 atom stereocenters. The van der Waals surface area contributed by atoms with Gasteiger partial charge in [-0.15, -0.1) is 0 Å². The number of oxazole rings is 1. The number of ether oxygens (including phenoxy) is 1. The van der Waals surface area contributed by atoms with E-state index in [-0.39, 0.29) is 15.8 Å². The van der Waals surface area contributed by atoms with Crippen LogP contribution in [-0.2, 0) is 9.84 Å². The van der Waals surface area contributed by atoms with Gasteiger partial charge in [-0.25, -0.2) is 8.42 Å². The minimum atomic E-state index is -3.79. The van der Waals surface area contributed by atoms with Crippen LogP contribution in [-0.4, -0.2) is 33.6 Å². The van der Waals surface area contributed by atoms with Crippen LogP contribution in [0.4, 0.5) is 5.88 Å². The first kappa shape index (κ1) is 19.3. The number of aromatic nitrogens is 1. The van der Waals surface area contributed by atoms with E-state index in [0.717, 1.165) is 31.5 Å². The molecule has 0 N–H and O–H groups in total. The summed E-state index contributed by atoms with van der Waals surface area (Å²) in [4.78, 5) is 6.50. The first-order valence-corrected chi connectivity index (χ1v) is 10.9. The van der Waals surface area contributed by atoms with Gasteiger partial charge < -0.3 is 14.1 Å². The molecule has 150 valence electrons. The van der Waals surface area contributed by atoms with Gasteiger partial charge in [0.1, 0.15) is 5.75 Å². The Hall–Kier alpha value is -3.06. The average molecular weight is 410 g/mol. The topological polar surface area (TPSA) is 72.6 Å². The van der Waals surface area contributed by atoms with Crippen molar-refractivity contribution in [2.75, 3.05) is 25.1 Å². The number of hydrogen-bond acceptors (Lipinski definition) is 6. The Morgan fingerprint density at radius 3 is 2.41 bits per heavy atom. The van der Waals surface area contributed by atoms with Crippen molar-refractivity contribution in [2.45, 2.75) is 22.8 Å². The van der Waals surface area contributed by atoms with Crippen LogP contribution >= 0.6 is 0 Å². The van der Waals surface area contributed by atoms with Gasteiger partial charge >= 0.3 is 0 Å². The van der Waals surface area contributed by atoms with Gasteiger partial charge in [0.05, 0.1) is 12.0 Å². The Morgan fingerprint density at radius 1 is 1.00 bits per heavy atom. The number of para-hydroxylation sites is 1. The number of rotatable bonds is 6. The van der Waals surface area contributed by atoms with Crippen LogP contribution in [0.3, 0.4) is 0 Å². The molecule has 1 saturated heterocycles. The maximum Gasteiger partial charge on any atom is 0.236 e. The summed E-state index contributed by atoms with van der Waals surface area (Å²) in [7, 11) is -2.18. The van der Waals surface area contributed by atoms with E-state index < -0.39 is 9.84 Å². The zero-order valence-electron chi connectivity index (χ0n) is 16.1. The Kier molecular flexibility index (Phi) is 5.40. The monoisotopic (exact) mass is 410 g/mol. The summed E-state index contributed by atoms with van der Waals surface area (Å²) in [5, 5.41) is -0.0368. The third-order valence-corrected chi connectivity index (χ3v) is 6.51. The van der Waals surface area contributed by atoms with Crippen molar-refractivity contribution in [3.8, 4) is 5.75 Å². The van der Waals surface area contributed by atoms with Crippen molar-refractivity contribution in [1.29, 1.82) is 0 Å². The molecule has 6 nitrogen and oxygen atoms in total. The van der Waals surface area contributed by atoms with Crippen LogP contribution in [0.2, 0.25) is 0 Å². The van der Waals surface area contributed by atoms with E-state index in [1.165, 1.54) is 0 Å². The first-order chi connectivity index (χ1) is 14.1. The van der Waals surface area contributed by atoms with Gasteiger partial charge in [0.2, 0.25) is 26.6 Å². The molecule has 0 spiro atoms. The highest BCUT2D eigenvalue weighted by Crippen LogP contribution is 2.33. The lowest BCUT2D eigenvalue weighted by atomic mass is 10.2. The Bertz CT molecular complexity index is 1110. The highest BCUT2D eigenvalue weighted by Gasteiger charge is 2.31. The van der Waals surface area contributed by atoms with Crippen molar-refractivity contribution in [2.24, 2.45) is 0 Å². The van der Waals surface area contributed by atoms with Gasteiger partial charge in [-0.2, -0.15) is 4.98 Å². The normalized spacial score (nSPS) is 14.6. The van der Waals surface area contributed by atoms with Crippen molar-refractivity contribution in [3.05, 3.63) is 66.1 Å². The maximum atomic E-state index is 13.2. The molecule has 0 bridgehead atoms. The summed E-state index contributed by atoms with van der Waals surface area (Å²) in [6.07, 6.45) is 5.47. The molecular weight excluding hydrogens is 388 g/mol. The fraction of sp³-hybridized carbons (Fsp3) is 0.227. The van der Waals surface area contributed by atoms with Crippen molar-refractivity contribution >= 4 is 27.9 Å². The van der Waals surface area contributed by atoms with Crippen LogP contribution in [0.25, 0.3) is 12.2 Å². The maximum absolute atomic E-state index is 13.2. The molecule has 29 heavy (non-hydrogen) atoms. The third kappa shape index (κ3) is 3.91. The SMILES string of the molecule is COc1ccccc1C=Cc1nc(S(=O)(=O)c2ccccc2)c(N2CCCC2)o1. The van der Waals surface area contributed by atoms with Gasteiger partial charge in [-0.1, -0.05) is 36.4 Å². The molecule has 0 aliphatic carbocycles. The summed E-state index contributed by atoms with van der Waals surface area (Å²) in [5.41, 5.74) is 0.850. The molecular formula is C22H22N2O4S. The minimum Gasteiger partial charge on any atom is -0.496 e. The molecule has 4 rings (SSSR count). The van der Waals surface area contributed by atoms with Crippen LogP contribution in [0.5, 0.6) is 5.75 Å². The minimum absolute atomic E-state index is 0.0368. The Balaban J connectivity index is 1.75. The summed E-state index contributed by atoms with van der Waals surface area (Å²) >= 11 is 0. The molecule has 0 unspecified atom stereocenters. The zero-order valence-corrected chi connectivity index (χ0v) is 16.9. The third-order valence-electron chi connectivity index (χ3n) is 4.84. The second-order valence-electron chi connectivity index (χ2n) is 6.75. The quantitative estimate of drug-likeness (QED) is 0.604. The predicted molar refractivity (Wildman–Crippen MR) is 112 cm³/mol. The highest BCUT2D eigenvalue weighted by atomic mass is 32.2. The van der Waals surface area contributed by atoms with Crippen molar-refractivity contribution in [1.82, 2.24) is 4.98 Å². The smallest absolute Gasteiger partial charge is 0.236 e. The standard InChI is InChI=1S/C22H22N2O4S/c1-27-19-12-6-5-9-17(19)13-14-20-23-21(22(28-20)24-15-7-8-16-24)29(25,26)18-10-3-2-4-11-18/h2-6,9-14H,7-8,15-16H2,1H3. The van der Waals surface area contributed by atoms with Crippen molar-refractivity contribution < 1.29 is 17.6 Å². The van der Waals surface area contributed by atoms with Crippen molar-refractivity contribution in [3.63, 3.8) is 0 Å².